The molecule has 0 radical (unpaired) electrons. The number of nitrogens with zero attached hydrogens (tertiary/aromatic N) is 1. The zero-order valence-corrected chi connectivity index (χ0v) is 12.9. The van der Waals surface area contributed by atoms with E-state index >= 15 is 0 Å². The van der Waals surface area contributed by atoms with Gasteiger partial charge in [-0.1, -0.05) is 20.8 Å². The molecule has 1 spiro atoms. The molecule has 3 unspecified atom stereocenters. The molecule has 2 aliphatic carbocycles. The van der Waals surface area contributed by atoms with Crippen molar-refractivity contribution >= 4 is 10.2 Å². The summed E-state index contributed by atoms with van der Waals surface area (Å²) in [6, 6.07) is 0. The third kappa shape index (κ3) is 1.60. The summed E-state index contributed by atoms with van der Waals surface area (Å²) >= 11 is 0. The van der Waals surface area contributed by atoms with Crippen molar-refractivity contribution in [1.82, 2.24) is 4.31 Å². The molecule has 3 fully saturated rings. The van der Waals surface area contributed by atoms with E-state index in [9.17, 15) is 17.2 Å². The van der Waals surface area contributed by atoms with Gasteiger partial charge in [0, 0.05) is 19.0 Å². The number of nitrogens with two attached hydrogens (primary N) is 1. The number of rotatable bonds is 1. The topological polar surface area (TPSA) is 63.4 Å². The van der Waals surface area contributed by atoms with Crippen molar-refractivity contribution in [3.8, 4) is 0 Å². The second kappa shape index (κ2) is 3.73. The number of hydrogen-bond acceptors (Lipinski definition) is 2. The van der Waals surface area contributed by atoms with Crippen molar-refractivity contribution in [2.24, 2.45) is 33.7 Å². The molecule has 2 bridgehead atoms. The fourth-order valence-electron chi connectivity index (χ4n) is 5.19. The van der Waals surface area contributed by atoms with Gasteiger partial charge in [-0.25, -0.2) is 13.9 Å². The third-order valence-electron chi connectivity index (χ3n) is 5.62. The van der Waals surface area contributed by atoms with Crippen LogP contribution in [-0.4, -0.2) is 31.7 Å². The Balaban J connectivity index is 1.96. The van der Waals surface area contributed by atoms with E-state index in [0.29, 0.717) is 12.8 Å². The minimum Gasteiger partial charge on any atom is -0.216 e. The Morgan fingerprint density at radius 2 is 1.60 bits per heavy atom. The largest absolute Gasteiger partial charge is 0.276 e. The van der Waals surface area contributed by atoms with Gasteiger partial charge in [-0.15, -0.1) is 0 Å². The van der Waals surface area contributed by atoms with Crippen LogP contribution in [0.2, 0.25) is 0 Å². The Morgan fingerprint density at radius 3 is 1.90 bits per heavy atom. The summed E-state index contributed by atoms with van der Waals surface area (Å²) in [6.07, 6.45) is 1.36. The number of alkyl halides is 2. The molecule has 116 valence electrons. The molecule has 0 aromatic rings. The Morgan fingerprint density at radius 1 is 1.15 bits per heavy atom. The maximum absolute atomic E-state index is 14.6. The first-order valence-corrected chi connectivity index (χ1v) is 8.59. The first-order chi connectivity index (χ1) is 8.93. The molecule has 0 aromatic heterocycles. The van der Waals surface area contributed by atoms with Gasteiger partial charge in [0.1, 0.15) is 0 Å². The first kappa shape index (κ1) is 14.7. The van der Waals surface area contributed by atoms with Crippen LogP contribution in [-0.2, 0) is 10.2 Å². The number of hydrogen-bond donors (Lipinski definition) is 1. The van der Waals surface area contributed by atoms with Gasteiger partial charge in [0.15, 0.2) is 0 Å². The van der Waals surface area contributed by atoms with Crippen LogP contribution in [0.15, 0.2) is 0 Å². The Kier molecular flexibility index (Phi) is 2.73. The van der Waals surface area contributed by atoms with Crippen LogP contribution in [0.1, 0.15) is 33.6 Å². The van der Waals surface area contributed by atoms with E-state index in [2.05, 4.69) is 0 Å². The maximum atomic E-state index is 14.6. The van der Waals surface area contributed by atoms with E-state index < -0.39 is 32.9 Å². The molecule has 1 saturated heterocycles. The summed E-state index contributed by atoms with van der Waals surface area (Å²) in [5, 5.41) is 5.17. The monoisotopic (exact) mass is 308 g/mol. The molecule has 20 heavy (non-hydrogen) atoms. The Bertz CT molecular complexity index is 527. The molecule has 1 heterocycles. The summed E-state index contributed by atoms with van der Waals surface area (Å²) in [5.74, 6) is -3.86. The zero-order chi connectivity index (χ0) is 15.1. The molecule has 7 heteroatoms. The summed E-state index contributed by atoms with van der Waals surface area (Å²) in [7, 11) is -3.78. The minimum absolute atomic E-state index is 0.150. The van der Waals surface area contributed by atoms with Gasteiger partial charge in [0.05, 0.1) is 5.41 Å². The lowest BCUT2D eigenvalue weighted by Crippen LogP contribution is -2.50. The number of piperidine rings is 1. The highest BCUT2D eigenvalue weighted by molar-refractivity contribution is 7.86. The number of halogens is 2. The standard InChI is InChI=1S/C13H22F2N2O2S/c1-11(2,3)10-12(13(10,14)15)8-4-5-9(12)7-17(6-8)20(16,18)19/h8-10H,4-7H2,1-3H3,(H2,16,18,19). The lowest BCUT2D eigenvalue weighted by molar-refractivity contribution is 0.00276. The van der Waals surface area contributed by atoms with Crippen molar-refractivity contribution in [2.75, 3.05) is 13.1 Å². The first-order valence-electron chi connectivity index (χ1n) is 7.09. The van der Waals surface area contributed by atoms with Crippen LogP contribution in [0.25, 0.3) is 0 Å². The molecule has 3 aliphatic rings. The van der Waals surface area contributed by atoms with E-state index in [0.717, 1.165) is 0 Å². The van der Waals surface area contributed by atoms with Gasteiger partial charge in [-0.2, -0.15) is 12.7 Å². The lowest BCUT2D eigenvalue weighted by Gasteiger charge is -2.38. The second-order valence-corrected chi connectivity index (χ2v) is 9.23. The molecular formula is C13H22F2N2O2S. The van der Waals surface area contributed by atoms with E-state index in [4.69, 9.17) is 5.14 Å². The van der Waals surface area contributed by atoms with Crippen molar-refractivity contribution in [3.05, 3.63) is 0 Å². The summed E-state index contributed by atoms with van der Waals surface area (Å²) in [5.41, 5.74) is -1.46. The van der Waals surface area contributed by atoms with Crippen molar-refractivity contribution in [2.45, 2.75) is 39.5 Å². The van der Waals surface area contributed by atoms with E-state index in [1.807, 2.05) is 20.8 Å². The van der Waals surface area contributed by atoms with Crippen LogP contribution < -0.4 is 5.14 Å². The van der Waals surface area contributed by atoms with E-state index in [-0.39, 0.29) is 24.9 Å². The van der Waals surface area contributed by atoms with Crippen LogP contribution >= 0.6 is 0 Å². The summed E-state index contributed by atoms with van der Waals surface area (Å²) in [6.45, 7) is 5.86. The average molecular weight is 308 g/mol. The molecular weight excluding hydrogens is 286 g/mol. The normalized spacial score (nSPS) is 44.0. The van der Waals surface area contributed by atoms with E-state index in [1.165, 1.54) is 4.31 Å². The molecule has 3 rings (SSSR count). The predicted octanol–water partition coefficient (Wildman–Crippen LogP) is 1.83. The van der Waals surface area contributed by atoms with Crippen LogP contribution in [0.3, 0.4) is 0 Å². The fourth-order valence-corrected chi connectivity index (χ4v) is 5.97. The molecule has 0 amide bonds. The van der Waals surface area contributed by atoms with Crippen LogP contribution in [0.5, 0.6) is 0 Å². The maximum Gasteiger partial charge on any atom is 0.276 e. The highest BCUT2D eigenvalue weighted by Gasteiger charge is 2.89. The summed E-state index contributed by atoms with van der Waals surface area (Å²) in [4.78, 5) is 0. The van der Waals surface area contributed by atoms with Crippen molar-refractivity contribution in [3.63, 3.8) is 0 Å². The minimum atomic E-state index is -3.78. The zero-order valence-electron chi connectivity index (χ0n) is 12.1. The van der Waals surface area contributed by atoms with Crippen LogP contribution in [0.4, 0.5) is 8.78 Å². The van der Waals surface area contributed by atoms with Gasteiger partial charge in [-0.05, 0) is 30.1 Å². The fraction of sp³-hybridized carbons (Fsp3) is 1.00. The van der Waals surface area contributed by atoms with Crippen molar-refractivity contribution < 1.29 is 17.2 Å². The second-order valence-electron chi connectivity index (χ2n) is 7.69. The Hall–Kier alpha value is -0.270. The average Bonchev–Trinajstić information content (AvgIpc) is 2.69. The van der Waals surface area contributed by atoms with Gasteiger partial charge >= 0.3 is 0 Å². The lowest BCUT2D eigenvalue weighted by atomic mass is 9.74. The highest BCUT2D eigenvalue weighted by atomic mass is 32.2. The predicted molar refractivity (Wildman–Crippen MR) is 71.2 cm³/mol. The van der Waals surface area contributed by atoms with E-state index in [1.54, 1.807) is 0 Å². The van der Waals surface area contributed by atoms with Crippen LogP contribution in [0, 0.1) is 28.6 Å². The van der Waals surface area contributed by atoms with Gasteiger partial charge in [0.2, 0.25) is 0 Å². The molecule has 2 N–H and O–H groups in total. The molecule has 1 aliphatic heterocycles. The third-order valence-corrected chi connectivity index (χ3v) is 6.64. The molecule has 4 nitrogen and oxygen atoms in total. The molecule has 0 aromatic carbocycles. The SMILES string of the molecule is CC(C)(C)C1C(F)(F)C12C1CCC2CN(S(N)(=O)=O)C1. The highest BCUT2D eigenvalue weighted by Crippen LogP contribution is 2.82. The molecule has 2 saturated carbocycles. The smallest absolute Gasteiger partial charge is 0.216 e. The van der Waals surface area contributed by atoms with Gasteiger partial charge in [-0.3, -0.25) is 0 Å². The summed E-state index contributed by atoms with van der Waals surface area (Å²) < 4.78 is 53.4. The molecule has 3 atom stereocenters. The van der Waals surface area contributed by atoms with Gasteiger partial charge in [0.25, 0.3) is 16.1 Å². The quantitative estimate of drug-likeness (QED) is 0.803. The Labute approximate surface area is 118 Å². The van der Waals surface area contributed by atoms with Gasteiger partial charge < -0.3 is 0 Å². The van der Waals surface area contributed by atoms with Crippen molar-refractivity contribution in [1.29, 1.82) is 0 Å².